The molecule has 1 aliphatic heterocycles. The molecule has 1 unspecified atom stereocenters. The first kappa shape index (κ1) is 17.7. The maximum atomic E-state index is 12.7. The van der Waals surface area contributed by atoms with Crippen LogP contribution in [0.2, 0.25) is 0 Å². The van der Waals surface area contributed by atoms with Crippen molar-refractivity contribution in [2.24, 2.45) is 7.05 Å². The van der Waals surface area contributed by atoms with Gasteiger partial charge in [-0.15, -0.1) is 11.3 Å². The van der Waals surface area contributed by atoms with Gasteiger partial charge in [0.05, 0.1) is 4.88 Å². The first-order chi connectivity index (χ1) is 11.8. The van der Waals surface area contributed by atoms with E-state index in [1.165, 1.54) is 11.3 Å². The van der Waals surface area contributed by atoms with E-state index in [0.29, 0.717) is 23.7 Å². The van der Waals surface area contributed by atoms with E-state index in [-0.39, 0.29) is 17.2 Å². The van der Waals surface area contributed by atoms with Crippen LogP contribution in [0.1, 0.15) is 48.2 Å². The van der Waals surface area contributed by atoms with Gasteiger partial charge in [-0.05, 0) is 30.4 Å². The van der Waals surface area contributed by atoms with Crippen LogP contribution < -0.4 is 10.2 Å². The highest BCUT2D eigenvalue weighted by Crippen LogP contribution is 2.29. The topological polar surface area (TPSA) is 67.2 Å². The van der Waals surface area contributed by atoms with Crippen molar-refractivity contribution in [3.05, 3.63) is 34.2 Å². The van der Waals surface area contributed by atoms with Crippen molar-refractivity contribution in [3.8, 4) is 0 Å². The molecule has 0 radical (unpaired) electrons. The van der Waals surface area contributed by atoms with E-state index in [1.54, 1.807) is 9.58 Å². The highest BCUT2D eigenvalue weighted by atomic mass is 32.1. The molecule has 2 aromatic rings. The van der Waals surface area contributed by atoms with E-state index in [4.69, 9.17) is 0 Å². The normalized spacial score (nSPS) is 18.5. The third-order valence-electron chi connectivity index (χ3n) is 4.29. The standard InChI is InChI=1S/C18H24N4O2S/c1-18(2,3)14-8-7-13(25-14)16(23)19-12-6-5-10-22(17(12)24)15-9-11-21(4)20-15/h7-9,11-12H,5-6,10H2,1-4H3,(H,19,23). The van der Waals surface area contributed by atoms with Crippen LogP contribution in [0.15, 0.2) is 24.4 Å². The summed E-state index contributed by atoms with van der Waals surface area (Å²) in [6.45, 7) is 7.00. The molecule has 2 aromatic heterocycles. The highest BCUT2D eigenvalue weighted by molar-refractivity contribution is 7.14. The molecule has 1 N–H and O–H groups in total. The van der Waals surface area contributed by atoms with Gasteiger partial charge in [0.25, 0.3) is 11.8 Å². The van der Waals surface area contributed by atoms with Gasteiger partial charge < -0.3 is 5.32 Å². The van der Waals surface area contributed by atoms with Crippen LogP contribution in [-0.2, 0) is 17.3 Å². The SMILES string of the molecule is Cn1ccc(N2CCCC(NC(=O)c3ccc(C(C)(C)C)s3)C2=O)n1. The summed E-state index contributed by atoms with van der Waals surface area (Å²) in [5.74, 6) is 0.366. The number of carbonyl (C=O) groups excluding carboxylic acids is 2. The molecule has 0 saturated carbocycles. The molecule has 0 spiro atoms. The molecule has 6 nitrogen and oxygen atoms in total. The second-order valence-electron chi connectivity index (χ2n) is 7.42. The zero-order valence-electron chi connectivity index (χ0n) is 15.1. The summed E-state index contributed by atoms with van der Waals surface area (Å²) in [6.07, 6.45) is 3.31. The van der Waals surface area contributed by atoms with Gasteiger partial charge >= 0.3 is 0 Å². The zero-order chi connectivity index (χ0) is 18.2. The van der Waals surface area contributed by atoms with Gasteiger partial charge in [0.1, 0.15) is 6.04 Å². The van der Waals surface area contributed by atoms with Gasteiger partial charge in [-0.3, -0.25) is 19.2 Å². The fourth-order valence-corrected chi connectivity index (χ4v) is 3.84. The first-order valence-corrected chi connectivity index (χ1v) is 9.29. The largest absolute Gasteiger partial charge is 0.340 e. The smallest absolute Gasteiger partial charge is 0.262 e. The highest BCUT2D eigenvalue weighted by Gasteiger charge is 2.32. The van der Waals surface area contributed by atoms with Crippen LogP contribution in [-0.4, -0.2) is 34.2 Å². The summed E-state index contributed by atoms with van der Waals surface area (Å²) >= 11 is 1.49. The molecule has 3 rings (SSSR count). The number of nitrogens with zero attached hydrogens (tertiary/aromatic N) is 3. The van der Waals surface area contributed by atoms with Gasteiger partial charge in [-0.1, -0.05) is 20.8 Å². The molecule has 0 aliphatic carbocycles. The van der Waals surface area contributed by atoms with E-state index in [2.05, 4.69) is 31.2 Å². The molecule has 25 heavy (non-hydrogen) atoms. The Balaban J connectivity index is 1.70. The second-order valence-corrected chi connectivity index (χ2v) is 8.50. The molecule has 1 atom stereocenters. The summed E-state index contributed by atoms with van der Waals surface area (Å²) in [4.78, 5) is 28.7. The number of anilines is 1. The van der Waals surface area contributed by atoms with Crippen molar-refractivity contribution in [3.63, 3.8) is 0 Å². The Kier molecular flexibility index (Phi) is 4.69. The summed E-state index contributed by atoms with van der Waals surface area (Å²) in [5, 5.41) is 7.20. The van der Waals surface area contributed by atoms with Crippen LogP contribution in [0.3, 0.4) is 0 Å². The molecule has 7 heteroatoms. The summed E-state index contributed by atoms with van der Waals surface area (Å²) < 4.78 is 1.67. The van der Waals surface area contributed by atoms with Crippen molar-refractivity contribution in [1.29, 1.82) is 0 Å². The predicted molar refractivity (Wildman–Crippen MR) is 99.1 cm³/mol. The zero-order valence-corrected chi connectivity index (χ0v) is 15.9. The van der Waals surface area contributed by atoms with Crippen molar-refractivity contribution in [1.82, 2.24) is 15.1 Å². The third kappa shape index (κ3) is 3.76. The Bertz CT molecular complexity index is 787. The van der Waals surface area contributed by atoms with Crippen LogP contribution in [0.25, 0.3) is 0 Å². The second kappa shape index (κ2) is 6.63. The predicted octanol–water partition coefficient (Wildman–Crippen LogP) is 2.70. The minimum absolute atomic E-state index is 0.0135. The van der Waals surface area contributed by atoms with Crippen molar-refractivity contribution < 1.29 is 9.59 Å². The lowest BCUT2D eigenvalue weighted by atomic mass is 9.95. The lowest BCUT2D eigenvalue weighted by Gasteiger charge is -2.31. The number of rotatable bonds is 3. The molecule has 0 bridgehead atoms. The molecule has 134 valence electrons. The lowest BCUT2D eigenvalue weighted by Crippen LogP contribution is -2.52. The van der Waals surface area contributed by atoms with Gasteiger partial charge in [-0.25, -0.2) is 0 Å². The Labute approximate surface area is 151 Å². The number of aromatic nitrogens is 2. The molecule has 1 fully saturated rings. The molecule has 1 saturated heterocycles. The molecule has 2 amide bonds. The lowest BCUT2D eigenvalue weighted by molar-refractivity contribution is -0.121. The minimum atomic E-state index is -0.497. The minimum Gasteiger partial charge on any atom is -0.340 e. The van der Waals surface area contributed by atoms with E-state index in [1.807, 2.05) is 31.4 Å². The Morgan fingerprint density at radius 2 is 2.08 bits per heavy atom. The summed E-state index contributed by atoms with van der Waals surface area (Å²) in [5.41, 5.74) is 0.0135. The quantitative estimate of drug-likeness (QED) is 0.915. The van der Waals surface area contributed by atoms with E-state index < -0.39 is 6.04 Å². The number of thiophene rings is 1. The number of aryl methyl sites for hydroxylation is 1. The number of carbonyl (C=O) groups is 2. The maximum Gasteiger partial charge on any atom is 0.262 e. The number of hydrogen-bond donors (Lipinski definition) is 1. The van der Waals surface area contributed by atoms with E-state index in [0.717, 1.165) is 11.3 Å². The first-order valence-electron chi connectivity index (χ1n) is 8.48. The third-order valence-corrected chi connectivity index (χ3v) is 5.80. The molecule has 1 aliphatic rings. The van der Waals surface area contributed by atoms with Crippen molar-refractivity contribution in [2.45, 2.75) is 45.1 Å². The van der Waals surface area contributed by atoms with Crippen LogP contribution in [0.5, 0.6) is 0 Å². The number of piperidine rings is 1. The van der Waals surface area contributed by atoms with Crippen LogP contribution in [0.4, 0.5) is 5.82 Å². The monoisotopic (exact) mass is 360 g/mol. The van der Waals surface area contributed by atoms with Gasteiger partial charge in [0, 0.05) is 30.7 Å². The van der Waals surface area contributed by atoms with E-state index in [9.17, 15) is 9.59 Å². The molecular weight excluding hydrogens is 336 g/mol. The molecular formula is C18H24N4O2S. The average molecular weight is 360 g/mol. The summed E-state index contributed by atoms with van der Waals surface area (Å²) in [7, 11) is 1.82. The number of nitrogens with one attached hydrogen (secondary N) is 1. The maximum absolute atomic E-state index is 12.7. The van der Waals surface area contributed by atoms with Gasteiger partial charge in [-0.2, -0.15) is 5.10 Å². The fourth-order valence-electron chi connectivity index (χ4n) is 2.88. The van der Waals surface area contributed by atoms with Gasteiger partial charge in [0.2, 0.25) is 0 Å². The molecule has 3 heterocycles. The number of amides is 2. The Morgan fingerprint density at radius 1 is 1.32 bits per heavy atom. The average Bonchev–Trinajstić information content (AvgIpc) is 3.18. The van der Waals surface area contributed by atoms with Crippen molar-refractivity contribution in [2.75, 3.05) is 11.4 Å². The number of hydrogen-bond acceptors (Lipinski definition) is 4. The van der Waals surface area contributed by atoms with E-state index >= 15 is 0 Å². The molecule has 0 aromatic carbocycles. The van der Waals surface area contributed by atoms with Crippen LogP contribution >= 0.6 is 11.3 Å². The van der Waals surface area contributed by atoms with Crippen molar-refractivity contribution >= 4 is 29.0 Å². The Hall–Kier alpha value is -2.15. The Morgan fingerprint density at radius 3 is 2.68 bits per heavy atom. The van der Waals surface area contributed by atoms with Gasteiger partial charge in [0.15, 0.2) is 5.82 Å². The summed E-state index contributed by atoms with van der Waals surface area (Å²) in [6, 6.07) is 5.15. The fraction of sp³-hybridized carbons (Fsp3) is 0.500. The van der Waals surface area contributed by atoms with Crippen LogP contribution in [0, 0.1) is 0 Å².